The third-order valence-electron chi connectivity index (χ3n) is 4.04. The van der Waals surface area contributed by atoms with Crippen LogP contribution in [0, 0.1) is 5.82 Å². The maximum Gasteiger partial charge on any atom is 0.248 e. The molecule has 29 heavy (non-hydrogen) atoms. The minimum Gasteiger partial charge on any atom is -0.497 e. The van der Waals surface area contributed by atoms with Crippen molar-refractivity contribution in [2.24, 2.45) is 0 Å². The Morgan fingerprint density at radius 2 is 1.97 bits per heavy atom. The molecule has 152 valence electrons. The number of anilines is 1. The highest BCUT2D eigenvalue weighted by Crippen LogP contribution is 2.17. The van der Waals surface area contributed by atoms with Gasteiger partial charge in [-0.15, -0.1) is 5.10 Å². The molecule has 3 rings (SSSR count). The van der Waals surface area contributed by atoms with E-state index in [0.29, 0.717) is 11.3 Å². The maximum absolute atomic E-state index is 13.2. The van der Waals surface area contributed by atoms with Gasteiger partial charge >= 0.3 is 0 Å². The Hall–Kier alpha value is -3.27. The van der Waals surface area contributed by atoms with Crippen LogP contribution in [0.2, 0.25) is 0 Å². The van der Waals surface area contributed by atoms with E-state index in [9.17, 15) is 17.6 Å². The first-order valence-electron chi connectivity index (χ1n) is 8.66. The SMILES string of the molecule is COc1ccc(S(=O)(=O)CCC(=O)Nc2ncn(Cc3cccc(F)c3)n2)cc1. The molecule has 1 heterocycles. The third-order valence-corrected chi connectivity index (χ3v) is 5.77. The Morgan fingerprint density at radius 3 is 2.66 bits per heavy atom. The summed E-state index contributed by atoms with van der Waals surface area (Å²) in [6, 6.07) is 12.0. The number of sulfone groups is 1. The lowest BCUT2D eigenvalue weighted by Gasteiger charge is -2.06. The molecule has 1 amide bonds. The molecule has 0 saturated heterocycles. The van der Waals surface area contributed by atoms with E-state index in [-0.39, 0.29) is 35.4 Å². The number of ether oxygens (including phenoxy) is 1. The van der Waals surface area contributed by atoms with E-state index in [2.05, 4.69) is 15.4 Å². The first kappa shape index (κ1) is 20.5. The lowest BCUT2D eigenvalue weighted by atomic mass is 10.2. The van der Waals surface area contributed by atoms with E-state index in [4.69, 9.17) is 4.74 Å². The van der Waals surface area contributed by atoms with E-state index in [1.165, 1.54) is 42.4 Å². The average Bonchev–Trinajstić information content (AvgIpc) is 3.13. The van der Waals surface area contributed by atoms with Gasteiger partial charge in [-0.2, -0.15) is 0 Å². The van der Waals surface area contributed by atoms with Crippen LogP contribution in [0.4, 0.5) is 10.3 Å². The smallest absolute Gasteiger partial charge is 0.248 e. The topological polar surface area (TPSA) is 103 Å². The molecular formula is C19H19FN4O4S. The average molecular weight is 418 g/mol. The fourth-order valence-electron chi connectivity index (χ4n) is 2.57. The Balaban J connectivity index is 1.54. The molecule has 0 unspecified atom stereocenters. The zero-order valence-corrected chi connectivity index (χ0v) is 16.4. The second-order valence-electron chi connectivity index (χ2n) is 6.19. The molecule has 1 N–H and O–H groups in total. The second kappa shape index (κ2) is 8.82. The number of nitrogens with one attached hydrogen (secondary N) is 1. The summed E-state index contributed by atoms with van der Waals surface area (Å²) in [4.78, 5) is 16.1. The number of hydrogen-bond donors (Lipinski definition) is 1. The lowest BCUT2D eigenvalue weighted by Crippen LogP contribution is -2.18. The van der Waals surface area contributed by atoms with Gasteiger partial charge in [0.1, 0.15) is 17.9 Å². The summed E-state index contributed by atoms with van der Waals surface area (Å²) < 4.78 is 44.3. The number of carbonyl (C=O) groups is 1. The van der Waals surface area contributed by atoms with Gasteiger partial charge in [0.25, 0.3) is 0 Å². The maximum atomic E-state index is 13.2. The molecule has 8 nitrogen and oxygen atoms in total. The first-order chi connectivity index (χ1) is 13.9. The van der Waals surface area contributed by atoms with E-state index < -0.39 is 15.7 Å². The number of benzene rings is 2. The molecule has 0 spiro atoms. The summed E-state index contributed by atoms with van der Waals surface area (Å²) in [5.41, 5.74) is 0.693. The molecule has 0 fully saturated rings. The highest BCUT2D eigenvalue weighted by molar-refractivity contribution is 7.91. The van der Waals surface area contributed by atoms with Gasteiger partial charge in [-0.05, 0) is 42.0 Å². The Kier molecular flexibility index (Phi) is 6.23. The highest BCUT2D eigenvalue weighted by atomic mass is 32.2. The van der Waals surface area contributed by atoms with Gasteiger partial charge in [-0.25, -0.2) is 22.5 Å². The summed E-state index contributed by atoms with van der Waals surface area (Å²) in [5.74, 6) is -0.635. The Labute approximate surface area is 167 Å². The fourth-order valence-corrected chi connectivity index (χ4v) is 3.81. The van der Waals surface area contributed by atoms with Crippen molar-refractivity contribution in [2.45, 2.75) is 17.9 Å². The van der Waals surface area contributed by atoms with Crippen molar-refractivity contribution in [1.82, 2.24) is 14.8 Å². The largest absolute Gasteiger partial charge is 0.497 e. The van der Waals surface area contributed by atoms with Crippen LogP contribution < -0.4 is 10.1 Å². The van der Waals surface area contributed by atoms with Crippen LogP contribution in [0.15, 0.2) is 59.8 Å². The van der Waals surface area contributed by atoms with Gasteiger partial charge in [0.15, 0.2) is 9.84 Å². The van der Waals surface area contributed by atoms with Crippen molar-refractivity contribution in [3.05, 3.63) is 66.2 Å². The van der Waals surface area contributed by atoms with Gasteiger partial charge in [-0.1, -0.05) is 12.1 Å². The van der Waals surface area contributed by atoms with Crippen LogP contribution in [-0.4, -0.2) is 42.0 Å². The molecular weight excluding hydrogens is 399 g/mol. The molecule has 0 aliphatic rings. The van der Waals surface area contributed by atoms with Gasteiger partial charge in [0.2, 0.25) is 11.9 Å². The minimum absolute atomic E-state index is 0.0493. The predicted molar refractivity (Wildman–Crippen MR) is 104 cm³/mol. The molecule has 0 aliphatic heterocycles. The molecule has 1 aromatic heterocycles. The standard InChI is InChI=1S/C19H19FN4O4S/c1-28-16-5-7-17(8-6-16)29(26,27)10-9-18(25)22-19-21-13-24(23-19)12-14-3-2-4-15(20)11-14/h2-8,11,13H,9-10,12H2,1H3,(H,22,23,25). The number of amides is 1. The van der Waals surface area contributed by atoms with Crippen LogP contribution in [0.1, 0.15) is 12.0 Å². The van der Waals surface area contributed by atoms with E-state index >= 15 is 0 Å². The van der Waals surface area contributed by atoms with Crippen molar-refractivity contribution in [1.29, 1.82) is 0 Å². The van der Waals surface area contributed by atoms with Crippen molar-refractivity contribution < 1.29 is 22.3 Å². The van der Waals surface area contributed by atoms with Crippen LogP contribution in [-0.2, 0) is 21.2 Å². The summed E-state index contributed by atoms with van der Waals surface area (Å²) in [6.45, 7) is 0.284. The molecule has 0 aliphatic carbocycles. The Bertz CT molecular complexity index is 1100. The third kappa shape index (κ3) is 5.61. The molecule has 10 heteroatoms. The zero-order valence-electron chi connectivity index (χ0n) is 15.6. The lowest BCUT2D eigenvalue weighted by molar-refractivity contribution is -0.115. The number of halogens is 1. The van der Waals surface area contributed by atoms with Crippen LogP contribution in [0.5, 0.6) is 5.75 Å². The van der Waals surface area contributed by atoms with Crippen LogP contribution >= 0.6 is 0 Å². The summed E-state index contributed by atoms with van der Waals surface area (Å²) in [7, 11) is -2.12. The molecule has 3 aromatic rings. The fraction of sp³-hybridized carbons (Fsp3) is 0.211. The second-order valence-corrected chi connectivity index (χ2v) is 8.30. The van der Waals surface area contributed by atoms with E-state index in [1.807, 2.05) is 0 Å². The van der Waals surface area contributed by atoms with Gasteiger partial charge in [0.05, 0.1) is 24.3 Å². The minimum atomic E-state index is -3.61. The number of rotatable bonds is 8. The van der Waals surface area contributed by atoms with Crippen molar-refractivity contribution in [3.8, 4) is 5.75 Å². The number of nitrogens with zero attached hydrogens (tertiary/aromatic N) is 3. The highest BCUT2D eigenvalue weighted by Gasteiger charge is 2.17. The van der Waals surface area contributed by atoms with Crippen LogP contribution in [0.25, 0.3) is 0 Å². The molecule has 2 aromatic carbocycles. The molecule has 0 bridgehead atoms. The van der Waals surface area contributed by atoms with Crippen molar-refractivity contribution >= 4 is 21.7 Å². The normalized spacial score (nSPS) is 11.2. The summed E-state index contributed by atoms with van der Waals surface area (Å²) in [6.07, 6.45) is 1.15. The number of methoxy groups -OCH3 is 1. The predicted octanol–water partition coefficient (Wildman–Crippen LogP) is 2.28. The number of aromatic nitrogens is 3. The molecule has 0 radical (unpaired) electrons. The van der Waals surface area contributed by atoms with Gasteiger partial charge < -0.3 is 4.74 Å². The van der Waals surface area contributed by atoms with E-state index in [1.54, 1.807) is 24.3 Å². The molecule has 0 saturated carbocycles. The van der Waals surface area contributed by atoms with Gasteiger partial charge in [-0.3, -0.25) is 10.1 Å². The first-order valence-corrected chi connectivity index (χ1v) is 10.3. The molecule has 0 atom stereocenters. The van der Waals surface area contributed by atoms with Gasteiger partial charge in [0, 0.05) is 6.42 Å². The monoisotopic (exact) mass is 418 g/mol. The van der Waals surface area contributed by atoms with Crippen molar-refractivity contribution in [2.75, 3.05) is 18.2 Å². The zero-order chi connectivity index (χ0) is 20.9. The number of carbonyl (C=O) groups excluding carboxylic acids is 1. The van der Waals surface area contributed by atoms with E-state index in [0.717, 1.165) is 0 Å². The summed E-state index contributed by atoms with van der Waals surface area (Å²) in [5, 5.41) is 6.55. The van der Waals surface area contributed by atoms with Crippen molar-refractivity contribution in [3.63, 3.8) is 0 Å². The quantitative estimate of drug-likeness (QED) is 0.602. The Morgan fingerprint density at radius 1 is 1.21 bits per heavy atom. The summed E-state index contributed by atoms with van der Waals surface area (Å²) >= 11 is 0. The van der Waals surface area contributed by atoms with Crippen LogP contribution in [0.3, 0.4) is 0 Å². The number of hydrogen-bond acceptors (Lipinski definition) is 6.